The van der Waals surface area contributed by atoms with Crippen molar-refractivity contribution in [1.29, 1.82) is 0 Å². The summed E-state index contributed by atoms with van der Waals surface area (Å²) in [5.74, 6) is 0.202. The lowest BCUT2D eigenvalue weighted by atomic mass is 9.44. The van der Waals surface area contributed by atoms with Crippen LogP contribution in [0, 0.1) is 52.3 Å². The molecule has 0 bridgehead atoms. The predicted molar refractivity (Wildman–Crippen MR) is 250 cm³/mol. The minimum Gasteiger partial charge on any atom is -0.394 e. The van der Waals surface area contributed by atoms with Crippen molar-refractivity contribution in [3.05, 3.63) is 0 Å². The fourth-order valence-corrected chi connectivity index (χ4v) is 15.6. The molecular formula is C51H86O23. The van der Waals surface area contributed by atoms with E-state index in [0.29, 0.717) is 43.4 Å². The van der Waals surface area contributed by atoms with E-state index in [1.807, 2.05) is 6.92 Å². The summed E-state index contributed by atoms with van der Waals surface area (Å²) >= 11 is 0. The Bertz CT molecular complexity index is 1850. The van der Waals surface area contributed by atoms with Gasteiger partial charge >= 0.3 is 0 Å². The van der Waals surface area contributed by atoms with Crippen LogP contribution in [0.1, 0.15) is 98.8 Å². The molecule has 74 heavy (non-hydrogen) atoms. The topological polar surface area (TPSA) is 366 Å². The number of aliphatic hydroxyl groups is 14. The number of rotatable bonds is 15. The van der Waals surface area contributed by atoms with Crippen LogP contribution in [0.5, 0.6) is 0 Å². The predicted octanol–water partition coefficient (Wildman–Crippen LogP) is -2.93. The SMILES string of the molecule is C[C@H](CC[C@@]1(O)O[C@H]2C[C@H]3[C@@H]4CC[C@H]5C[C@@H](O[C@@H]6O[C@H](CO)[C@H](O[C@@H]7O[C@H](CO)[C@@H](O)[C@H](O)[C@H]7O)[C@H](O)[C@H]6O[C@@H]6O[C@@H](C)[C@H](O)[C@@H](O)[C@H]6O)CC[C@]5(C)[C@H]4CC[C@]3(C)[C@H]2[C@@H]1C)CO[C@@H]1O[C@H](CO)[C@@H](O)[C@H](O)[C@H]1O. The maximum atomic E-state index is 12.1. The van der Waals surface area contributed by atoms with Gasteiger partial charge in [-0.05, 0) is 111 Å². The average molecular weight is 1070 g/mol. The van der Waals surface area contributed by atoms with Crippen LogP contribution in [-0.2, 0) is 42.6 Å². The highest BCUT2D eigenvalue weighted by molar-refractivity contribution is 5.15. The zero-order valence-corrected chi connectivity index (χ0v) is 43.1. The van der Waals surface area contributed by atoms with Gasteiger partial charge in [-0.1, -0.05) is 27.7 Å². The fraction of sp³-hybridized carbons (Fsp3) is 1.00. The van der Waals surface area contributed by atoms with Crippen molar-refractivity contribution < 1.29 is 114 Å². The van der Waals surface area contributed by atoms with Crippen LogP contribution in [0.15, 0.2) is 0 Å². The van der Waals surface area contributed by atoms with E-state index in [1.165, 1.54) is 6.92 Å². The average Bonchev–Trinajstić information content (AvgIpc) is 3.82. The molecule has 5 saturated heterocycles. The van der Waals surface area contributed by atoms with E-state index >= 15 is 0 Å². The van der Waals surface area contributed by atoms with Crippen LogP contribution in [-0.4, -0.2) is 239 Å². The summed E-state index contributed by atoms with van der Waals surface area (Å²) in [6.07, 6.45) is -22.7. The molecule has 5 aliphatic heterocycles. The van der Waals surface area contributed by atoms with Gasteiger partial charge < -0.3 is 114 Å². The molecule has 0 aromatic heterocycles. The van der Waals surface area contributed by atoms with Crippen molar-refractivity contribution in [2.24, 2.45) is 52.3 Å². The highest BCUT2D eigenvalue weighted by atomic mass is 16.8. The molecule has 0 spiro atoms. The van der Waals surface area contributed by atoms with Crippen LogP contribution in [0.3, 0.4) is 0 Å². The highest BCUT2D eigenvalue weighted by Gasteiger charge is 2.68. The molecule has 23 nitrogen and oxygen atoms in total. The lowest BCUT2D eigenvalue weighted by Crippen LogP contribution is -2.67. The summed E-state index contributed by atoms with van der Waals surface area (Å²) in [6.45, 7) is 8.49. The van der Waals surface area contributed by atoms with Crippen LogP contribution in [0.25, 0.3) is 0 Å². The van der Waals surface area contributed by atoms with Crippen LogP contribution >= 0.6 is 0 Å². The van der Waals surface area contributed by atoms with Crippen molar-refractivity contribution >= 4 is 0 Å². The molecule has 9 rings (SSSR count). The van der Waals surface area contributed by atoms with Gasteiger partial charge in [-0.2, -0.15) is 0 Å². The number of aliphatic hydroxyl groups excluding tert-OH is 13. The van der Waals surface area contributed by atoms with Crippen molar-refractivity contribution in [1.82, 2.24) is 0 Å². The first-order valence-corrected chi connectivity index (χ1v) is 27.2. The Balaban J connectivity index is 0.833. The number of hydrogen-bond acceptors (Lipinski definition) is 23. The van der Waals surface area contributed by atoms with Gasteiger partial charge in [0, 0.05) is 12.3 Å². The molecular weight excluding hydrogens is 981 g/mol. The molecule has 23 heteroatoms. The Labute approximate surface area is 431 Å². The van der Waals surface area contributed by atoms with Gasteiger partial charge in [0.25, 0.3) is 0 Å². The first-order valence-electron chi connectivity index (χ1n) is 27.2. The Morgan fingerprint density at radius 3 is 1.77 bits per heavy atom. The van der Waals surface area contributed by atoms with Crippen molar-refractivity contribution in [3.8, 4) is 0 Å². The molecule has 5 heterocycles. The lowest BCUT2D eigenvalue weighted by molar-refractivity contribution is -0.390. The monoisotopic (exact) mass is 1070 g/mol. The van der Waals surface area contributed by atoms with Gasteiger partial charge in [0.1, 0.15) is 91.6 Å². The standard InChI is InChI=1S/C51H86O23/c1-20(19-66-45-39(61)37(59)34(56)29(16-52)69-45)8-13-51(65)21(2)32-28(74-51)15-27-25-7-6-23-14-24(9-11-49(23,4)26(25)10-12-50(27,32)5)68-48-44(73-46-40(62)36(58)33(55)22(3)67-46)42(64)43(31(18-54)71-48)72-47-41(63)38(60)35(57)30(17-53)70-47/h20-48,52-65H,6-19H2,1-5H3/t20-,21+,22+,23+,24+,25-,26+,27+,28+,29-,30-,31-,32+,33+,34-,35-,36-,37+,38+,39-,40-,41-,42+,43+,44-,45-,46+,47+,48-,49+,50+,51-/m1/s1. The van der Waals surface area contributed by atoms with Crippen molar-refractivity contribution in [2.45, 2.75) is 240 Å². The summed E-state index contributed by atoms with van der Waals surface area (Å²) in [5, 5.41) is 149. The molecule has 428 valence electrons. The smallest absolute Gasteiger partial charge is 0.187 e. The molecule has 14 N–H and O–H groups in total. The zero-order valence-electron chi connectivity index (χ0n) is 43.1. The maximum Gasteiger partial charge on any atom is 0.187 e. The fourth-order valence-electron chi connectivity index (χ4n) is 15.6. The third-order valence-corrected chi connectivity index (χ3v) is 20.1. The molecule has 32 atom stereocenters. The Morgan fingerprint density at radius 2 is 1.12 bits per heavy atom. The Hall–Kier alpha value is -0.920. The molecule has 0 unspecified atom stereocenters. The molecule has 4 aliphatic carbocycles. The summed E-state index contributed by atoms with van der Waals surface area (Å²) in [5.41, 5.74) is -0.0583. The highest BCUT2D eigenvalue weighted by Crippen LogP contribution is 2.71. The Kier molecular flexibility index (Phi) is 17.6. The normalized spacial score (nSPS) is 56.0. The second-order valence-corrected chi connectivity index (χ2v) is 24.3. The van der Waals surface area contributed by atoms with Crippen LogP contribution in [0.4, 0.5) is 0 Å². The van der Waals surface area contributed by atoms with E-state index in [4.69, 9.17) is 42.6 Å². The molecule has 9 fully saturated rings. The van der Waals surface area contributed by atoms with Crippen LogP contribution in [0.2, 0.25) is 0 Å². The summed E-state index contributed by atoms with van der Waals surface area (Å²) in [6, 6.07) is 0. The molecule has 0 aromatic carbocycles. The van der Waals surface area contributed by atoms with Crippen LogP contribution < -0.4 is 0 Å². The number of hydrogen-bond donors (Lipinski definition) is 14. The Morgan fingerprint density at radius 1 is 0.554 bits per heavy atom. The molecule has 0 aromatic rings. The zero-order chi connectivity index (χ0) is 53.5. The number of ether oxygens (including phenoxy) is 9. The molecule has 9 aliphatic rings. The first kappa shape index (κ1) is 57.8. The maximum absolute atomic E-state index is 12.1. The van der Waals surface area contributed by atoms with Gasteiger partial charge in [-0.3, -0.25) is 0 Å². The molecule has 4 saturated carbocycles. The van der Waals surface area contributed by atoms with Gasteiger partial charge in [0.15, 0.2) is 30.9 Å². The third-order valence-electron chi connectivity index (χ3n) is 20.1. The second-order valence-electron chi connectivity index (χ2n) is 24.3. The van der Waals surface area contributed by atoms with Gasteiger partial charge in [-0.15, -0.1) is 0 Å². The summed E-state index contributed by atoms with van der Waals surface area (Å²) < 4.78 is 54.5. The largest absolute Gasteiger partial charge is 0.394 e. The summed E-state index contributed by atoms with van der Waals surface area (Å²) in [7, 11) is 0. The van der Waals surface area contributed by atoms with Crippen molar-refractivity contribution in [3.63, 3.8) is 0 Å². The molecule has 0 amide bonds. The van der Waals surface area contributed by atoms with Gasteiger partial charge in [0.2, 0.25) is 0 Å². The number of fused-ring (bicyclic) bond motifs is 7. The van der Waals surface area contributed by atoms with Gasteiger partial charge in [0.05, 0.1) is 44.7 Å². The van der Waals surface area contributed by atoms with Crippen molar-refractivity contribution in [2.75, 3.05) is 26.4 Å². The van der Waals surface area contributed by atoms with E-state index in [-0.39, 0.29) is 47.2 Å². The quantitative estimate of drug-likeness (QED) is 0.0730. The minimum atomic E-state index is -1.85. The van der Waals surface area contributed by atoms with E-state index in [9.17, 15) is 71.5 Å². The second kappa shape index (κ2) is 22.6. The van der Waals surface area contributed by atoms with E-state index in [0.717, 1.165) is 38.5 Å². The van der Waals surface area contributed by atoms with E-state index in [2.05, 4.69) is 20.8 Å². The molecule has 0 radical (unpaired) electrons. The minimum absolute atomic E-state index is 0.0171. The summed E-state index contributed by atoms with van der Waals surface area (Å²) in [4.78, 5) is 0. The third kappa shape index (κ3) is 10.3. The first-order chi connectivity index (χ1) is 35.0. The van der Waals surface area contributed by atoms with E-state index < -0.39 is 155 Å². The van der Waals surface area contributed by atoms with Gasteiger partial charge in [-0.25, -0.2) is 0 Å². The van der Waals surface area contributed by atoms with E-state index in [1.54, 1.807) is 0 Å². The lowest BCUT2D eigenvalue weighted by Gasteiger charge is -2.61.